The fourth-order valence-electron chi connectivity index (χ4n) is 5.89. The molecule has 0 radical (unpaired) electrons. The van der Waals surface area contributed by atoms with Gasteiger partial charge in [0.25, 0.3) is 0 Å². The van der Waals surface area contributed by atoms with Gasteiger partial charge in [-0.25, -0.2) is 4.79 Å². The molecule has 0 fully saturated rings. The van der Waals surface area contributed by atoms with Crippen molar-refractivity contribution in [2.24, 2.45) is 0 Å². The molecular formula is C32H34N4O3. The molecule has 6 rings (SSSR count). The minimum Gasteiger partial charge on any atom is -0.493 e. The first-order valence-electron chi connectivity index (χ1n) is 13.8. The average Bonchev–Trinajstić information content (AvgIpc) is 3.48. The third-order valence-electron chi connectivity index (χ3n) is 7.56. The molecule has 0 spiro atoms. The summed E-state index contributed by atoms with van der Waals surface area (Å²) < 4.78 is 14.0. The van der Waals surface area contributed by atoms with Gasteiger partial charge in [0.1, 0.15) is 11.4 Å². The van der Waals surface area contributed by atoms with Crippen molar-refractivity contribution >= 4 is 27.6 Å². The van der Waals surface area contributed by atoms with Crippen molar-refractivity contribution in [2.75, 3.05) is 19.8 Å². The summed E-state index contributed by atoms with van der Waals surface area (Å²) in [5.74, 6) is 0.621. The second-order valence-corrected chi connectivity index (χ2v) is 10.0. The van der Waals surface area contributed by atoms with Gasteiger partial charge < -0.3 is 19.4 Å². The lowest BCUT2D eigenvalue weighted by atomic mass is 9.98. The number of aromatic amines is 1. The summed E-state index contributed by atoms with van der Waals surface area (Å²) in [6, 6.07) is 20.8. The minimum atomic E-state index is -0.265. The number of carbonyl (C=O) groups excluding carboxylic acids is 1. The van der Waals surface area contributed by atoms with Crippen molar-refractivity contribution in [3.05, 3.63) is 83.3 Å². The lowest BCUT2D eigenvalue weighted by Gasteiger charge is -2.16. The Morgan fingerprint density at radius 1 is 1.05 bits per heavy atom. The number of ether oxygens (including phenoxy) is 2. The molecule has 0 aliphatic carbocycles. The van der Waals surface area contributed by atoms with E-state index < -0.39 is 0 Å². The van der Waals surface area contributed by atoms with E-state index in [4.69, 9.17) is 9.47 Å². The Balaban J connectivity index is 1.39. The highest BCUT2D eigenvalue weighted by Gasteiger charge is 2.27. The molecule has 0 unspecified atom stereocenters. The molecule has 0 bridgehead atoms. The van der Waals surface area contributed by atoms with Crippen LogP contribution in [0.2, 0.25) is 0 Å². The Morgan fingerprint density at radius 2 is 1.87 bits per heavy atom. The molecule has 200 valence electrons. The molecule has 5 aromatic rings. The van der Waals surface area contributed by atoms with E-state index in [2.05, 4.69) is 56.5 Å². The first kappa shape index (κ1) is 25.2. The monoisotopic (exact) mass is 522 g/mol. The highest BCUT2D eigenvalue weighted by atomic mass is 16.5. The summed E-state index contributed by atoms with van der Waals surface area (Å²) in [5, 5.41) is 14.6. The van der Waals surface area contributed by atoms with Gasteiger partial charge in [0, 0.05) is 35.0 Å². The highest BCUT2D eigenvalue weighted by molar-refractivity contribution is 6.05. The second kappa shape index (κ2) is 10.9. The molecule has 0 atom stereocenters. The number of esters is 1. The Morgan fingerprint density at radius 3 is 2.77 bits per heavy atom. The van der Waals surface area contributed by atoms with Crippen molar-refractivity contribution in [1.82, 2.24) is 20.1 Å². The van der Waals surface area contributed by atoms with Crippen LogP contribution in [0, 0.1) is 6.92 Å². The van der Waals surface area contributed by atoms with Crippen LogP contribution in [0.1, 0.15) is 47.2 Å². The van der Waals surface area contributed by atoms with Crippen molar-refractivity contribution in [2.45, 2.75) is 46.2 Å². The molecule has 0 amide bonds. The first-order chi connectivity index (χ1) is 19.2. The van der Waals surface area contributed by atoms with Crippen molar-refractivity contribution in [1.29, 1.82) is 0 Å². The number of benzene rings is 3. The largest absolute Gasteiger partial charge is 0.493 e. The molecule has 39 heavy (non-hydrogen) atoms. The molecule has 1 aliphatic rings. The van der Waals surface area contributed by atoms with Gasteiger partial charge >= 0.3 is 5.97 Å². The number of H-pyrrole nitrogens is 1. The maximum Gasteiger partial charge on any atom is 0.355 e. The maximum absolute atomic E-state index is 13.5. The SMILES string of the molecule is CCOC(=O)c1c(CCCOc2cccc3ccccc23)c2cccc3c2n1CCCNCc1[nH]nc(C)c1-3. The first-order valence-corrected chi connectivity index (χ1v) is 13.8. The molecule has 3 heterocycles. The van der Waals surface area contributed by atoms with E-state index in [0.717, 1.165) is 88.0 Å². The Labute approximate surface area is 228 Å². The van der Waals surface area contributed by atoms with Crippen molar-refractivity contribution in [3.63, 3.8) is 0 Å². The van der Waals surface area contributed by atoms with E-state index in [1.807, 2.05) is 38.1 Å². The molecule has 2 aromatic heterocycles. The second-order valence-electron chi connectivity index (χ2n) is 10.0. The zero-order chi connectivity index (χ0) is 26.8. The molecule has 3 aromatic carbocycles. The standard InChI is InChI=1S/C32H34N4O3/c1-3-38-32(37)31-25(15-8-19-39-28-16-6-11-22-10-4-5-12-23(22)28)24-13-7-14-26-29-21(2)34-35-27(29)20-33-17-9-18-36(31)30(24)26/h4-7,10-14,16,33H,3,8-9,15,17-20H2,1-2H3,(H,34,35). The summed E-state index contributed by atoms with van der Waals surface area (Å²) in [6.07, 6.45) is 2.38. The maximum atomic E-state index is 13.5. The van der Waals surface area contributed by atoms with Gasteiger partial charge in [-0.3, -0.25) is 5.10 Å². The van der Waals surface area contributed by atoms with Crippen molar-refractivity contribution in [3.8, 4) is 16.9 Å². The van der Waals surface area contributed by atoms with E-state index in [9.17, 15) is 4.79 Å². The van der Waals surface area contributed by atoms with Gasteiger partial charge in [-0.05, 0) is 56.7 Å². The number of fused-ring (bicyclic) bond motifs is 3. The number of hydrogen-bond donors (Lipinski definition) is 2. The average molecular weight is 523 g/mol. The topological polar surface area (TPSA) is 81.2 Å². The number of hydrogen-bond acceptors (Lipinski definition) is 5. The van der Waals surface area contributed by atoms with Gasteiger partial charge in [-0.15, -0.1) is 0 Å². The van der Waals surface area contributed by atoms with E-state index >= 15 is 0 Å². The van der Waals surface area contributed by atoms with Crippen LogP contribution in [0.5, 0.6) is 5.75 Å². The molecule has 0 saturated carbocycles. The molecule has 0 saturated heterocycles. The third kappa shape index (κ3) is 4.68. The molecule has 7 heteroatoms. The van der Waals surface area contributed by atoms with Gasteiger partial charge in [0.2, 0.25) is 0 Å². The van der Waals surface area contributed by atoms with E-state index in [-0.39, 0.29) is 5.97 Å². The minimum absolute atomic E-state index is 0.265. The number of aromatic nitrogens is 3. The number of aryl methyl sites for hydroxylation is 3. The van der Waals surface area contributed by atoms with Crippen LogP contribution < -0.4 is 10.1 Å². The normalized spacial score (nSPS) is 13.4. The molecule has 1 aliphatic heterocycles. The van der Waals surface area contributed by atoms with Gasteiger partial charge in [-0.2, -0.15) is 5.10 Å². The van der Waals surface area contributed by atoms with Crippen LogP contribution in [0.15, 0.2) is 60.7 Å². The third-order valence-corrected chi connectivity index (χ3v) is 7.56. The summed E-state index contributed by atoms with van der Waals surface area (Å²) in [6.45, 7) is 7.09. The number of nitrogens with one attached hydrogen (secondary N) is 2. The smallest absolute Gasteiger partial charge is 0.355 e. The van der Waals surface area contributed by atoms with Crippen molar-refractivity contribution < 1.29 is 14.3 Å². The summed E-state index contributed by atoms with van der Waals surface area (Å²) >= 11 is 0. The van der Waals surface area contributed by atoms with Crippen LogP contribution in [0.25, 0.3) is 32.8 Å². The van der Waals surface area contributed by atoms with Gasteiger partial charge in [0.15, 0.2) is 0 Å². The zero-order valence-electron chi connectivity index (χ0n) is 22.5. The summed E-state index contributed by atoms with van der Waals surface area (Å²) in [7, 11) is 0. The predicted molar refractivity (Wildman–Crippen MR) is 154 cm³/mol. The lowest BCUT2D eigenvalue weighted by Crippen LogP contribution is -2.20. The number of rotatable bonds is 7. The van der Waals surface area contributed by atoms with Crippen LogP contribution in [0.3, 0.4) is 0 Å². The fourth-order valence-corrected chi connectivity index (χ4v) is 5.89. The predicted octanol–water partition coefficient (Wildman–Crippen LogP) is 6.17. The molecule has 7 nitrogen and oxygen atoms in total. The number of carbonyl (C=O) groups is 1. The van der Waals surface area contributed by atoms with Crippen LogP contribution in [0.4, 0.5) is 0 Å². The fraction of sp³-hybridized carbons (Fsp3) is 0.312. The number of para-hydroxylation sites is 1. The van der Waals surface area contributed by atoms with Crippen LogP contribution in [-0.4, -0.2) is 40.5 Å². The summed E-state index contributed by atoms with van der Waals surface area (Å²) in [4.78, 5) is 13.5. The highest BCUT2D eigenvalue weighted by Crippen LogP contribution is 2.38. The zero-order valence-corrected chi connectivity index (χ0v) is 22.5. The quantitative estimate of drug-likeness (QED) is 0.197. The van der Waals surface area contributed by atoms with E-state index in [1.54, 1.807) is 0 Å². The van der Waals surface area contributed by atoms with Crippen LogP contribution >= 0.6 is 0 Å². The van der Waals surface area contributed by atoms with E-state index in [0.29, 0.717) is 25.3 Å². The summed E-state index contributed by atoms with van der Waals surface area (Å²) in [5.41, 5.74) is 7.00. The van der Waals surface area contributed by atoms with E-state index in [1.165, 1.54) is 0 Å². The Kier molecular flexibility index (Phi) is 7.07. The molecule has 2 N–H and O–H groups in total. The number of nitrogens with zero attached hydrogens (tertiary/aromatic N) is 2. The Bertz CT molecular complexity index is 1640. The van der Waals surface area contributed by atoms with Crippen LogP contribution in [-0.2, 0) is 24.2 Å². The Hall–Kier alpha value is -4.10. The lowest BCUT2D eigenvalue weighted by molar-refractivity contribution is 0.0512. The van der Waals surface area contributed by atoms with Gasteiger partial charge in [-0.1, -0.05) is 54.6 Å². The molecular weight excluding hydrogens is 488 g/mol. The van der Waals surface area contributed by atoms with Gasteiger partial charge in [0.05, 0.1) is 30.1 Å².